The third kappa shape index (κ3) is 3.25. The van der Waals surface area contributed by atoms with E-state index in [-0.39, 0.29) is 16.8 Å². The lowest BCUT2D eigenvalue weighted by Gasteiger charge is -2.34. The van der Waals surface area contributed by atoms with Crippen LogP contribution in [0.3, 0.4) is 0 Å². The quantitative estimate of drug-likeness (QED) is 0.524. The highest BCUT2D eigenvalue weighted by Crippen LogP contribution is 2.30. The van der Waals surface area contributed by atoms with Gasteiger partial charge in [-0.2, -0.15) is 9.38 Å². The summed E-state index contributed by atoms with van der Waals surface area (Å²) < 4.78 is 6.96. The van der Waals surface area contributed by atoms with Gasteiger partial charge < -0.3 is 20.2 Å². The molecule has 0 saturated carbocycles. The fraction of sp³-hybridized carbons (Fsp3) is 0.400. The second-order valence-electron chi connectivity index (χ2n) is 5.66. The summed E-state index contributed by atoms with van der Waals surface area (Å²) in [5, 5.41) is 18.5. The van der Waals surface area contributed by atoms with Crippen molar-refractivity contribution in [1.82, 2.24) is 14.3 Å². The summed E-state index contributed by atoms with van der Waals surface area (Å²) in [6.07, 6.45) is 1.68. The van der Waals surface area contributed by atoms with Gasteiger partial charge in [-0.25, -0.2) is 0 Å². The van der Waals surface area contributed by atoms with Gasteiger partial charge in [-0.15, -0.1) is 11.3 Å². The molecular formula is C15H17N5O3S2. The second-order valence-corrected chi connectivity index (χ2v) is 7.51. The topological polar surface area (TPSA) is 84.9 Å². The molecule has 132 valence electrons. The summed E-state index contributed by atoms with van der Waals surface area (Å²) in [6.45, 7) is 3.69. The van der Waals surface area contributed by atoms with Crippen molar-refractivity contribution in [2.45, 2.75) is 6.04 Å². The zero-order valence-corrected chi connectivity index (χ0v) is 15.0. The Morgan fingerprint density at radius 1 is 1.36 bits per heavy atom. The van der Waals surface area contributed by atoms with E-state index in [0.29, 0.717) is 30.5 Å². The monoisotopic (exact) mass is 379 g/mol. The Morgan fingerprint density at radius 3 is 2.92 bits per heavy atom. The Labute approximate surface area is 151 Å². The molecule has 1 atom stereocenters. The van der Waals surface area contributed by atoms with E-state index in [4.69, 9.17) is 4.74 Å². The fourth-order valence-corrected chi connectivity index (χ4v) is 4.61. The average Bonchev–Trinajstić information content (AvgIpc) is 3.32. The maximum Gasteiger partial charge on any atom is 0.372 e. The molecule has 3 aromatic heterocycles. The number of morpholine rings is 1. The first-order valence-electron chi connectivity index (χ1n) is 7.93. The minimum absolute atomic E-state index is 0.0110. The highest BCUT2D eigenvalue weighted by Gasteiger charge is 2.27. The van der Waals surface area contributed by atoms with Crippen LogP contribution in [-0.4, -0.2) is 52.1 Å². The number of hydrogen-bond donors (Lipinski definition) is 1. The molecule has 0 amide bonds. The van der Waals surface area contributed by atoms with Gasteiger partial charge in [0.25, 0.3) is 4.96 Å². The lowest BCUT2D eigenvalue weighted by atomic mass is 10.2. The first kappa shape index (κ1) is 16.5. The maximum absolute atomic E-state index is 11.5. The second kappa shape index (κ2) is 7.08. The van der Waals surface area contributed by atoms with Gasteiger partial charge in [0.15, 0.2) is 0 Å². The summed E-state index contributed by atoms with van der Waals surface area (Å²) in [5.41, 5.74) is 0. The van der Waals surface area contributed by atoms with Crippen LogP contribution in [0.15, 0.2) is 29.1 Å². The zero-order chi connectivity index (χ0) is 17.2. The van der Waals surface area contributed by atoms with Gasteiger partial charge in [0.1, 0.15) is 6.20 Å². The summed E-state index contributed by atoms with van der Waals surface area (Å²) in [6, 6.07) is 4.28. The van der Waals surface area contributed by atoms with Crippen LogP contribution >= 0.6 is 22.7 Å². The van der Waals surface area contributed by atoms with Crippen molar-refractivity contribution in [3.05, 3.63) is 44.1 Å². The van der Waals surface area contributed by atoms with Crippen LogP contribution in [-0.2, 0) is 4.74 Å². The fourth-order valence-electron chi connectivity index (χ4n) is 3.04. The zero-order valence-electron chi connectivity index (χ0n) is 13.3. The molecule has 0 spiro atoms. The van der Waals surface area contributed by atoms with Crippen molar-refractivity contribution in [3.8, 4) is 0 Å². The van der Waals surface area contributed by atoms with Crippen LogP contribution in [0.5, 0.6) is 0 Å². The normalized spacial score (nSPS) is 17.0. The van der Waals surface area contributed by atoms with E-state index < -0.39 is 0 Å². The molecule has 25 heavy (non-hydrogen) atoms. The number of fused-ring (bicyclic) bond motifs is 1. The van der Waals surface area contributed by atoms with Gasteiger partial charge in [-0.05, 0) is 16.4 Å². The highest BCUT2D eigenvalue weighted by atomic mass is 32.1. The molecule has 0 aliphatic carbocycles. The van der Waals surface area contributed by atoms with Crippen LogP contribution in [0.2, 0.25) is 0 Å². The molecule has 0 radical (unpaired) electrons. The predicted molar refractivity (Wildman–Crippen MR) is 97.7 cm³/mol. The summed E-state index contributed by atoms with van der Waals surface area (Å²) in [4.78, 5) is 19.7. The van der Waals surface area contributed by atoms with Gasteiger partial charge >= 0.3 is 5.82 Å². The van der Waals surface area contributed by atoms with Crippen molar-refractivity contribution in [3.63, 3.8) is 0 Å². The minimum Gasteiger partial charge on any atom is -0.379 e. The Bertz CT molecular complexity index is 854. The average molecular weight is 379 g/mol. The third-order valence-corrected chi connectivity index (χ3v) is 5.96. The number of ether oxygens (including phenoxy) is 1. The molecule has 4 rings (SSSR count). The summed E-state index contributed by atoms with van der Waals surface area (Å²) in [5.74, 6) is 0.315. The molecule has 1 N–H and O–H groups in total. The standard InChI is InChI=1S/C15H17N5O3S2/c21-20(22)14-13(17-15-19(14)5-9-25-15)16-10-11(12-2-1-8-24-12)18-3-6-23-7-4-18/h1-2,5,8-9,11,16H,3-4,6-7,10H2. The van der Waals surface area contributed by atoms with E-state index in [1.807, 2.05) is 6.07 Å². The highest BCUT2D eigenvalue weighted by molar-refractivity contribution is 7.15. The van der Waals surface area contributed by atoms with Crippen LogP contribution in [0.1, 0.15) is 10.9 Å². The first-order valence-corrected chi connectivity index (χ1v) is 9.69. The van der Waals surface area contributed by atoms with Gasteiger partial charge in [-0.3, -0.25) is 4.90 Å². The molecule has 1 saturated heterocycles. The molecule has 0 aromatic carbocycles. The van der Waals surface area contributed by atoms with E-state index >= 15 is 0 Å². The van der Waals surface area contributed by atoms with Crippen LogP contribution < -0.4 is 5.32 Å². The minimum atomic E-state index is -0.385. The van der Waals surface area contributed by atoms with Crippen molar-refractivity contribution >= 4 is 39.3 Å². The smallest absolute Gasteiger partial charge is 0.372 e. The molecule has 3 aromatic rings. The number of aromatic nitrogens is 2. The number of rotatable bonds is 6. The number of anilines is 1. The summed E-state index contributed by atoms with van der Waals surface area (Å²) in [7, 11) is 0. The molecule has 1 unspecified atom stereocenters. The molecule has 0 bridgehead atoms. The first-order chi connectivity index (χ1) is 12.2. The number of hydrogen-bond acceptors (Lipinski definition) is 8. The molecule has 1 aliphatic rings. The van der Waals surface area contributed by atoms with E-state index in [1.54, 1.807) is 22.9 Å². The number of nitrogens with zero attached hydrogens (tertiary/aromatic N) is 4. The molecule has 1 aliphatic heterocycles. The van der Waals surface area contributed by atoms with Gasteiger partial charge in [0, 0.05) is 29.9 Å². The number of thiophene rings is 1. The van der Waals surface area contributed by atoms with Crippen molar-refractivity contribution in [1.29, 1.82) is 0 Å². The van der Waals surface area contributed by atoms with Crippen molar-refractivity contribution in [2.75, 3.05) is 38.2 Å². The van der Waals surface area contributed by atoms with E-state index in [2.05, 4.69) is 26.6 Å². The van der Waals surface area contributed by atoms with E-state index in [1.165, 1.54) is 20.6 Å². The molecule has 1 fully saturated rings. The summed E-state index contributed by atoms with van der Waals surface area (Å²) >= 11 is 3.08. The molecule has 10 heteroatoms. The third-order valence-electron chi connectivity index (χ3n) is 4.23. The van der Waals surface area contributed by atoms with Gasteiger partial charge in [-0.1, -0.05) is 17.4 Å². The lowest BCUT2D eigenvalue weighted by molar-refractivity contribution is -0.389. The van der Waals surface area contributed by atoms with E-state index in [9.17, 15) is 10.1 Å². The van der Waals surface area contributed by atoms with Crippen molar-refractivity contribution < 1.29 is 9.66 Å². The molecule has 4 heterocycles. The Morgan fingerprint density at radius 2 is 2.20 bits per heavy atom. The predicted octanol–water partition coefficient (Wildman–Crippen LogP) is 2.85. The van der Waals surface area contributed by atoms with Gasteiger partial charge in [0.05, 0.1) is 19.3 Å². The largest absolute Gasteiger partial charge is 0.379 e. The van der Waals surface area contributed by atoms with E-state index in [0.717, 1.165) is 13.1 Å². The van der Waals surface area contributed by atoms with Crippen LogP contribution in [0.25, 0.3) is 4.96 Å². The Hall–Kier alpha value is -2.01. The number of imidazole rings is 1. The molecule has 8 nitrogen and oxygen atoms in total. The number of thiazole rings is 1. The number of nitro groups is 1. The van der Waals surface area contributed by atoms with Crippen LogP contribution in [0.4, 0.5) is 11.6 Å². The lowest BCUT2D eigenvalue weighted by Crippen LogP contribution is -2.41. The van der Waals surface area contributed by atoms with Gasteiger partial charge in [0.2, 0.25) is 5.82 Å². The van der Waals surface area contributed by atoms with Crippen LogP contribution in [0, 0.1) is 10.1 Å². The number of nitrogens with one attached hydrogen (secondary N) is 1. The Kier molecular flexibility index (Phi) is 4.66. The SMILES string of the molecule is O=[N+]([O-])c1c(NCC(c2cccs2)N2CCOCC2)nc2sccn12. The maximum atomic E-state index is 11.5. The molecular weight excluding hydrogens is 362 g/mol. The Balaban J connectivity index is 1.58. The van der Waals surface area contributed by atoms with Crippen molar-refractivity contribution in [2.24, 2.45) is 0 Å².